The van der Waals surface area contributed by atoms with Gasteiger partial charge in [-0.1, -0.05) is 25.1 Å². The van der Waals surface area contributed by atoms with E-state index in [0.29, 0.717) is 40.6 Å². The molecule has 12 heteroatoms. The molecule has 3 N–H and O–H groups in total. The van der Waals surface area contributed by atoms with Crippen LogP contribution < -0.4 is 20.7 Å². The predicted molar refractivity (Wildman–Crippen MR) is 165 cm³/mol. The summed E-state index contributed by atoms with van der Waals surface area (Å²) in [5, 5.41) is 2.60. The molecule has 0 fully saturated rings. The van der Waals surface area contributed by atoms with Crippen molar-refractivity contribution in [2.24, 2.45) is 12.8 Å². The quantitative estimate of drug-likeness (QED) is 0.162. The lowest BCUT2D eigenvalue weighted by Gasteiger charge is -2.21. The number of aryl methyl sites for hydroxylation is 1. The van der Waals surface area contributed by atoms with Crippen molar-refractivity contribution >= 4 is 34.8 Å². The lowest BCUT2D eigenvalue weighted by atomic mass is 10.1. The number of nitrogens with zero attached hydrogens (tertiary/aromatic N) is 4. The molecule has 2 aromatic carbocycles. The zero-order valence-electron chi connectivity index (χ0n) is 25.4. The van der Waals surface area contributed by atoms with Crippen molar-refractivity contribution < 1.29 is 28.6 Å². The summed E-state index contributed by atoms with van der Waals surface area (Å²) in [5.74, 6) is 0.996. The maximum atomic E-state index is 13.6. The Bertz CT molecular complexity index is 1570. The molecule has 0 spiro atoms. The van der Waals surface area contributed by atoms with Crippen LogP contribution in [0, 0.1) is 0 Å². The Morgan fingerprint density at radius 3 is 2.50 bits per heavy atom. The number of benzene rings is 2. The molecule has 2 atom stereocenters. The smallest absolute Gasteiger partial charge is 0.408 e. The van der Waals surface area contributed by atoms with Crippen LogP contribution in [-0.2, 0) is 21.3 Å². The monoisotopic (exact) mass is 602 g/mol. The summed E-state index contributed by atoms with van der Waals surface area (Å²) in [4.78, 5) is 48.0. The molecule has 0 saturated carbocycles. The van der Waals surface area contributed by atoms with Crippen molar-refractivity contribution in [2.75, 3.05) is 24.7 Å². The first kappa shape index (κ1) is 32.0. The van der Waals surface area contributed by atoms with E-state index in [2.05, 4.69) is 10.3 Å². The molecule has 232 valence electrons. The lowest BCUT2D eigenvalue weighted by Crippen LogP contribution is -2.34. The van der Waals surface area contributed by atoms with Gasteiger partial charge in [0.2, 0.25) is 0 Å². The molecule has 4 aromatic rings. The van der Waals surface area contributed by atoms with Gasteiger partial charge in [-0.15, -0.1) is 0 Å². The van der Waals surface area contributed by atoms with Crippen LogP contribution >= 0.6 is 0 Å². The van der Waals surface area contributed by atoms with Crippen LogP contribution in [-0.4, -0.2) is 52.3 Å². The first-order valence-corrected chi connectivity index (χ1v) is 14.5. The number of alkyl carbamates (subject to hydrolysis) is 1. The van der Waals surface area contributed by atoms with Crippen LogP contribution in [0.15, 0.2) is 66.9 Å². The average molecular weight is 603 g/mol. The highest BCUT2D eigenvalue weighted by atomic mass is 16.5. The van der Waals surface area contributed by atoms with Gasteiger partial charge in [0.1, 0.15) is 17.7 Å². The highest BCUT2D eigenvalue weighted by Gasteiger charge is 2.23. The van der Waals surface area contributed by atoms with Crippen molar-refractivity contribution in [3.8, 4) is 5.75 Å². The van der Waals surface area contributed by atoms with Gasteiger partial charge in [0, 0.05) is 25.4 Å². The first-order chi connectivity index (χ1) is 21.2. The third kappa shape index (κ3) is 7.90. The third-order valence-electron chi connectivity index (χ3n) is 6.80. The predicted octanol–water partition coefficient (Wildman–Crippen LogP) is 4.80. The molecule has 12 nitrogen and oxygen atoms in total. The van der Waals surface area contributed by atoms with E-state index in [1.54, 1.807) is 67.7 Å². The fraction of sp³-hybridized carbons (Fsp3) is 0.344. The van der Waals surface area contributed by atoms with E-state index in [0.717, 1.165) is 11.9 Å². The molecule has 0 aliphatic heterocycles. The number of carbonyl (C=O) groups excluding carboxylic acids is 3. The van der Waals surface area contributed by atoms with Crippen molar-refractivity contribution in [3.63, 3.8) is 0 Å². The van der Waals surface area contributed by atoms with E-state index in [9.17, 15) is 14.4 Å². The number of hydrogen-bond donors (Lipinski definition) is 2. The van der Waals surface area contributed by atoms with Gasteiger partial charge in [0.15, 0.2) is 11.9 Å². The number of anilines is 1. The summed E-state index contributed by atoms with van der Waals surface area (Å²) in [7, 11) is 1.89. The second-order valence-electron chi connectivity index (χ2n) is 10.0. The number of esters is 1. The SMILES string of the molecule is CCCOC(=O)NC(N)c1ccc(OC(C)c2nc3cc(C(=O)N(CCC(=O)OCC)c4ccccn4)ccc3n2C)cc1. The molecule has 0 bridgehead atoms. The Hall–Kier alpha value is -4.97. The Morgan fingerprint density at radius 1 is 1.05 bits per heavy atom. The van der Waals surface area contributed by atoms with Crippen LogP contribution in [0.1, 0.15) is 67.6 Å². The number of imidazole rings is 1. The Labute approximate surface area is 256 Å². The molecule has 0 saturated heterocycles. The first-order valence-electron chi connectivity index (χ1n) is 14.5. The number of fused-ring (bicyclic) bond motifs is 1. The molecule has 0 aliphatic rings. The minimum Gasteiger partial charge on any atom is -0.483 e. The Balaban J connectivity index is 1.48. The van der Waals surface area contributed by atoms with Gasteiger partial charge in [-0.2, -0.15) is 0 Å². The molecule has 2 aromatic heterocycles. The second-order valence-corrected chi connectivity index (χ2v) is 10.0. The maximum Gasteiger partial charge on any atom is 0.408 e. The zero-order chi connectivity index (χ0) is 31.6. The Morgan fingerprint density at radius 2 is 1.82 bits per heavy atom. The summed E-state index contributed by atoms with van der Waals surface area (Å²) < 4.78 is 18.1. The van der Waals surface area contributed by atoms with Crippen molar-refractivity contribution in [1.29, 1.82) is 0 Å². The number of nitrogens with one attached hydrogen (secondary N) is 1. The van der Waals surface area contributed by atoms with Crippen molar-refractivity contribution in [2.45, 2.75) is 45.9 Å². The highest BCUT2D eigenvalue weighted by molar-refractivity contribution is 6.07. The molecule has 4 rings (SSSR count). The fourth-order valence-corrected chi connectivity index (χ4v) is 4.60. The minimum atomic E-state index is -0.721. The van der Waals surface area contributed by atoms with Crippen LogP contribution in [0.25, 0.3) is 11.0 Å². The summed E-state index contributed by atoms with van der Waals surface area (Å²) >= 11 is 0. The van der Waals surface area contributed by atoms with Gasteiger partial charge in [0.25, 0.3) is 5.91 Å². The van der Waals surface area contributed by atoms with E-state index in [4.69, 9.17) is 24.9 Å². The van der Waals surface area contributed by atoms with Crippen molar-refractivity contribution in [1.82, 2.24) is 19.9 Å². The van der Waals surface area contributed by atoms with E-state index in [1.165, 1.54) is 4.90 Å². The molecule has 44 heavy (non-hydrogen) atoms. The van der Waals surface area contributed by atoms with E-state index in [-0.39, 0.29) is 31.4 Å². The standard InChI is InChI=1S/C32H38N6O6/c1-5-19-43-32(41)36-29(33)22-10-13-24(14-11-22)44-21(3)30-35-25-20-23(12-15-26(25)37(30)4)31(40)38(18-16-28(39)42-6-2)27-9-7-8-17-34-27/h7-15,17,20-21,29H,5-6,16,18-19,33H2,1-4H3,(H,36,41). The van der Waals surface area contributed by atoms with Gasteiger partial charge in [-0.25, -0.2) is 14.8 Å². The second kappa shape index (κ2) is 15.0. The van der Waals surface area contributed by atoms with E-state index in [1.807, 2.05) is 31.5 Å². The molecule has 2 heterocycles. The summed E-state index contributed by atoms with van der Waals surface area (Å²) in [6.45, 7) is 6.25. The van der Waals surface area contributed by atoms with E-state index >= 15 is 0 Å². The highest BCUT2D eigenvalue weighted by Crippen LogP contribution is 2.26. The molecular formula is C32H38N6O6. The van der Waals surface area contributed by atoms with Gasteiger partial charge in [-0.3, -0.25) is 14.5 Å². The van der Waals surface area contributed by atoms with Gasteiger partial charge < -0.3 is 29.8 Å². The van der Waals surface area contributed by atoms with Gasteiger partial charge in [-0.05, 0) is 68.3 Å². The van der Waals surface area contributed by atoms with Crippen LogP contribution in [0.4, 0.5) is 10.6 Å². The molecular weight excluding hydrogens is 564 g/mol. The number of pyridine rings is 1. The summed E-state index contributed by atoms with van der Waals surface area (Å²) in [6.07, 6.45) is 0.639. The van der Waals surface area contributed by atoms with Gasteiger partial charge >= 0.3 is 12.1 Å². The number of hydrogen-bond acceptors (Lipinski definition) is 9. The number of nitrogens with two attached hydrogens (primary N) is 1. The summed E-state index contributed by atoms with van der Waals surface area (Å²) in [5.41, 5.74) is 8.63. The normalized spacial score (nSPS) is 12.3. The van der Waals surface area contributed by atoms with Gasteiger partial charge in [0.05, 0.1) is 30.7 Å². The summed E-state index contributed by atoms with van der Waals surface area (Å²) in [6, 6.07) is 17.6. The minimum absolute atomic E-state index is 0.0376. The molecule has 2 amide bonds. The lowest BCUT2D eigenvalue weighted by molar-refractivity contribution is -0.142. The average Bonchev–Trinajstić information content (AvgIpc) is 3.36. The molecule has 0 aliphatic carbocycles. The Kier molecular flexibility index (Phi) is 10.9. The van der Waals surface area contributed by atoms with E-state index < -0.39 is 18.4 Å². The van der Waals surface area contributed by atoms with Crippen molar-refractivity contribution in [3.05, 3.63) is 83.8 Å². The third-order valence-corrected chi connectivity index (χ3v) is 6.80. The fourth-order valence-electron chi connectivity index (χ4n) is 4.60. The number of aromatic nitrogens is 3. The van der Waals surface area contributed by atoms with Crippen LogP contribution in [0.3, 0.4) is 0 Å². The number of amides is 2. The van der Waals surface area contributed by atoms with Crippen LogP contribution in [0.2, 0.25) is 0 Å². The maximum absolute atomic E-state index is 13.6. The zero-order valence-corrected chi connectivity index (χ0v) is 25.4. The number of carbonyl (C=O) groups is 3. The number of rotatable bonds is 13. The largest absolute Gasteiger partial charge is 0.483 e. The topological polar surface area (TPSA) is 151 Å². The molecule has 0 radical (unpaired) electrons. The number of ether oxygens (including phenoxy) is 3. The molecule has 2 unspecified atom stereocenters. The van der Waals surface area contributed by atoms with Crippen LogP contribution in [0.5, 0.6) is 5.75 Å².